The van der Waals surface area contributed by atoms with Crippen LogP contribution in [0.4, 0.5) is 4.39 Å². The second-order valence-corrected chi connectivity index (χ2v) is 4.75. The lowest BCUT2D eigenvalue weighted by Gasteiger charge is -2.17. The third kappa shape index (κ3) is 2.22. The van der Waals surface area contributed by atoms with Crippen LogP contribution in [-0.2, 0) is 6.42 Å². The van der Waals surface area contributed by atoms with E-state index in [1.54, 1.807) is 0 Å². The van der Waals surface area contributed by atoms with E-state index in [0.29, 0.717) is 12.2 Å². The first-order chi connectivity index (χ1) is 8.00. The van der Waals surface area contributed by atoms with E-state index in [2.05, 4.69) is 0 Å². The highest BCUT2D eigenvalue weighted by molar-refractivity contribution is 5.51. The van der Waals surface area contributed by atoms with Crippen molar-refractivity contribution in [3.63, 3.8) is 0 Å². The van der Waals surface area contributed by atoms with E-state index in [4.69, 9.17) is 15.2 Å². The van der Waals surface area contributed by atoms with Gasteiger partial charge < -0.3 is 15.2 Å². The van der Waals surface area contributed by atoms with Crippen molar-refractivity contribution in [1.82, 2.24) is 0 Å². The highest BCUT2D eigenvalue weighted by Crippen LogP contribution is 2.41. The van der Waals surface area contributed by atoms with E-state index in [9.17, 15) is 4.39 Å². The van der Waals surface area contributed by atoms with Crippen LogP contribution in [0, 0.1) is 12.7 Å². The topological polar surface area (TPSA) is 44.5 Å². The van der Waals surface area contributed by atoms with Crippen LogP contribution < -0.4 is 15.2 Å². The molecule has 94 valence electrons. The van der Waals surface area contributed by atoms with Crippen LogP contribution in [0.15, 0.2) is 6.07 Å². The number of benzene rings is 1. The summed E-state index contributed by atoms with van der Waals surface area (Å²) < 4.78 is 24.1. The first-order valence-corrected chi connectivity index (χ1v) is 5.69. The number of hydrogen-bond acceptors (Lipinski definition) is 3. The van der Waals surface area contributed by atoms with E-state index in [0.717, 1.165) is 24.0 Å². The molecule has 1 aromatic rings. The van der Waals surface area contributed by atoms with Gasteiger partial charge >= 0.3 is 0 Å². The van der Waals surface area contributed by atoms with Gasteiger partial charge in [-0.1, -0.05) is 0 Å². The Bertz CT molecular complexity index is 442. The molecular weight excluding hydrogens is 221 g/mol. The quantitative estimate of drug-likeness (QED) is 0.876. The molecule has 0 heterocycles. The Labute approximate surface area is 101 Å². The smallest absolute Gasteiger partial charge is 0.197 e. The molecule has 3 nitrogen and oxygen atoms in total. The van der Waals surface area contributed by atoms with Crippen molar-refractivity contribution >= 4 is 0 Å². The molecule has 0 saturated heterocycles. The lowest BCUT2D eigenvalue weighted by Crippen LogP contribution is -2.25. The molecule has 0 unspecified atom stereocenters. The van der Waals surface area contributed by atoms with Crippen molar-refractivity contribution in [3.05, 3.63) is 23.0 Å². The van der Waals surface area contributed by atoms with Gasteiger partial charge in [0.2, 0.25) is 0 Å². The highest BCUT2D eigenvalue weighted by Gasteiger charge is 2.39. The average molecular weight is 239 g/mol. The zero-order valence-corrected chi connectivity index (χ0v) is 10.5. The molecule has 2 rings (SSSR count). The molecule has 0 aromatic heterocycles. The van der Waals surface area contributed by atoms with Gasteiger partial charge in [-0.25, -0.2) is 4.39 Å². The maximum absolute atomic E-state index is 13.8. The Kier molecular flexibility index (Phi) is 3.00. The molecule has 1 fully saturated rings. The maximum atomic E-state index is 13.8. The molecule has 1 saturated carbocycles. The van der Waals surface area contributed by atoms with Gasteiger partial charge in [-0.05, 0) is 43.4 Å². The standard InChI is InChI=1S/C13H18FNO2/c1-8-9(7-13(15)4-5-13)6-10(14)12(17-3)11(8)16-2/h6H,4-5,7,15H2,1-3H3. The summed E-state index contributed by atoms with van der Waals surface area (Å²) in [4.78, 5) is 0. The minimum absolute atomic E-state index is 0.142. The van der Waals surface area contributed by atoms with Crippen LogP contribution in [-0.4, -0.2) is 19.8 Å². The molecule has 0 amide bonds. The van der Waals surface area contributed by atoms with E-state index < -0.39 is 5.82 Å². The molecule has 0 spiro atoms. The van der Waals surface area contributed by atoms with E-state index in [-0.39, 0.29) is 11.3 Å². The molecule has 17 heavy (non-hydrogen) atoms. The van der Waals surface area contributed by atoms with Crippen molar-refractivity contribution in [1.29, 1.82) is 0 Å². The Morgan fingerprint density at radius 3 is 2.35 bits per heavy atom. The predicted molar refractivity (Wildman–Crippen MR) is 64.1 cm³/mol. The molecule has 1 aliphatic rings. The van der Waals surface area contributed by atoms with Gasteiger partial charge in [0, 0.05) is 5.54 Å². The zero-order chi connectivity index (χ0) is 12.6. The largest absolute Gasteiger partial charge is 0.492 e. The Morgan fingerprint density at radius 2 is 1.88 bits per heavy atom. The van der Waals surface area contributed by atoms with Gasteiger partial charge in [0.15, 0.2) is 17.3 Å². The second-order valence-electron chi connectivity index (χ2n) is 4.75. The third-order valence-corrected chi connectivity index (χ3v) is 3.39. The lowest BCUT2D eigenvalue weighted by molar-refractivity contribution is 0.334. The lowest BCUT2D eigenvalue weighted by atomic mass is 9.98. The SMILES string of the molecule is COc1c(F)cc(CC2(N)CC2)c(C)c1OC. The minimum Gasteiger partial charge on any atom is -0.492 e. The molecular formula is C13H18FNO2. The maximum Gasteiger partial charge on any atom is 0.197 e. The van der Waals surface area contributed by atoms with Crippen LogP contribution in [0.5, 0.6) is 11.5 Å². The van der Waals surface area contributed by atoms with Crippen LogP contribution in [0.1, 0.15) is 24.0 Å². The van der Waals surface area contributed by atoms with Crippen molar-refractivity contribution in [2.24, 2.45) is 5.73 Å². The van der Waals surface area contributed by atoms with E-state index in [1.807, 2.05) is 6.92 Å². The first-order valence-electron chi connectivity index (χ1n) is 5.69. The monoisotopic (exact) mass is 239 g/mol. The summed E-state index contributed by atoms with van der Waals surface area (Å²) in [5.74, 6) is 0.233. The van der Waals surface area contributed by atoms with Crippen LogP contribution >= 0.6 is 0 Å². The molecule has 0 radical (unpaired) electrons. The number of ether oxygens (including phenoxy) is 2. The Morgan fingerprint density at radius 1 is 1.29 bits per heavy atom. The van der Waals surface area contributed by atoms with Gasteiger partial charge in [-0.15, -0.1) is 0 Å². The average Bonchev–Trinajstić information content (AvgIpc) is 3.00. The summed E-state index contributed by atoms with van der Waals surface area (Å²) in [5, 5.41) is 0. The molecule has 4 heteroatoms. The van der Waals surface area contributed by atoms with Crippen molar-refractivity contribution in [3.8, 4) is 11.5 Å². The number of nitrogens with two attached hydrogens (primary N) is 1. The molecule has 0 atom stereocenters. The summed E-state index contributed by atoms with van der Waals surface area (Å²) in [5.41, 5.74) is 7.73. The molecule has 1 aromatic carbocycles. The molecule has 1 aliphatic carbocycles. The summed E-state index contributed by atoms with van der Waals surface area (Å²) in [6, 6.07) is 1.50. The van der Waals surface area contributed by atoms with Crippen molar-refractivity contribution in [2.75, 3.05) is 14.2 Å². The van der Waals surface area contributed by atoms with Gasteiger partial charge in [-0.3, -0.25) is 0 Å². The van der Waals surface area contributed by atoms with E-state index >= 15 is 0 Å². The summed E-state index contributed by atoms with van der Waals surface area (Å²) in [7, 11) is 2.95. The third-order valence-electron chi connectivity index (χ3n) is 3.39. The fraction of sp³-hybridized carbons (Fsp3) is 0.538. The summed E-state index contributed by atoms with van der Waals surface area (Å²) >= 11 is 0. The molecule has 0 bridgehead atoms. The van der Waals surface area contributed by atoms with Gasteiger partial charge in [0.05, 0.1) is 14.2 Å². The fourth-order valence-electron chi connectivity index (χ4n) is 2.09. The Balaban J connectivity index is 2.43. The Hall–Kier alpha value is -1.29. The highest BCUT2D eigenvalue weighted by atomic mass is 19.1. The van der Waals surface area contributed by atoms with Crippen molar-refractivity contribution in [2.45, 2.75) is 31.7 Å². The second kappa shape index (κ2) is 4.18. The molecule has 0 aliphatic heterocycles. The van der Waals surface area contributed by atoms with Gasteiger partial charge in [0.25, 0.3) is 0 Å². The van der Waals surface area contributed by atoms with Gasteiger partial charge in [0.1, 0.15) is 0 Å². The number of halogens is 1. The van der Waals surface area contributed by atoms with E-state index in [1.165, 1.54) is 20.3 Å². The number of rotatable bonds is 4. The van der Waals surface area contributed by atoms with Gasteiger partial charge in [-0.2, -0.15) is 0 Å². The van der Waals surface area contributed by atoms with Crippen LogP contribution in [0.3, 0.4) is 0 Å². The summed E-state index contributed by atoms with van der Waals surface area (Å²) in [6.07, 6.45) is 2.70. The number of hydrogen-bond donors (Lipinski definition) is 1. The molecule has 2 N–H and O–H groups in total. The minimum atomic E-state index is -0.394. The van der Waals surface area contributed by atoms with Crippen LogP contribution in [0.25, 0.3) is 0 Å². The normalized spacial score (nSPS) is 16.8. The zero-order valence-electron chi connectivity index (χ0n) is 10.5. The van der Waals surface area contributed by atoms with Crippen LogP contribution in [0.2, 0.25) is 0 Å². The predicted octanol–water partition coefficient (Wildman–Crippen LogP) is 2.19. The number of methoxy groups -OCH3 is 2. The summed E-state index contributed by atoms with van der Waals surface area (Å²) in [6.45, 7) is 1.90. The van der Waals surface area contributed by atoms with Crippen molar-refractivity contribution < 1.29 is 13.9 Å². The first kappa shape index (κ1) is 12.2. The fourth-order valence-corrected chi connectivity index (χ4v) is 2.09.